The fourth-order valence-electron chi connectivity index (χ4n) is 3.79. The van der Waals surface area contributed by atoms with Gasteiger partial charge in [-0.25, -0.2) is 9.37 Å². The van der Waals surface area contributed by atoms with Crippen molar-refractivity contribution in [1.82, 2.24) is 19.5 Å². The SMILES string of the molecule is CCCC#Cc1nc(-c2ccc(F)cc2)c(-c2ccncc2)n1CCCCc1ccncc1. The molecular formula is C28H27FN4. The minimum atomic E-state index is -0.261. The summed E-state index contributed by atoms with van der Waals surface area (Å²) in [7, 11) is 0. The van der Waals surface area contributed by atoms with Crippen molar-refractivity contribution in [3.05, 3.63) is 90.5 Å². The Morgan fingerprint density at radius 3 is 2.24 bits per heavy atom. The summed E-state index contributed by atoms with van der Waals surface area (Å²) in [6.45, 7) is 2.92. The molecule has 4 rings (SSSR count). The number of aromatic nitrogens is 4. The normalized spacial score (nSPS) is 10.6. The summed E-state index contributed by atoms with van der Waals surface area (Å²) in [6.07, 6.45) is 12.1. The maximum atomic E-state index is 13.6. The molecule has 3 aromatic heterocycles. The monoisotopic (exact) mass is 438 g/mol. The van der Waals surface area contributed by atoms with Gasteiger partial charge in [-0.05, 0) is 85.7 Å². The van der Waals surface area contributed by atoms with Gasteiger partial charge in [0.25, 0.3) is 0 Å². The van der Waals surface area contributed by atoms with Gasteiger partial charge in [0.1, 0.15) is 5.82 Å². The van der Waals surface area contributed by atoms with Crippen molar-refractivity contribution >= 4 is 0 Å². The lowest BCUT2D eigenvalue weighted by molar-refractivity contribution is 0.608. The first-order valence-electron chi connectivity index (χ1n) is 11.4. The molecule has 0 aliphatic carbocycles. The standard InChI is InChI=1S/C28H27FN4/c1-2-3-4-8-26-32-27(23-9-11-25(29)12-10-23)28(24-15-19-31-20-16-24)33(26)21-6-5-7-22-13-17-30-18-14-22/h9-20H,2-3,5-7,21H2,1H3. The third kappa shape index (κ3) is 5.72. The predicted molar refractivity (Wildman–Crippen MR) is 130 cm³/mol. The van der Waals surface area contributed by atoms with Gasteiger partial charge in [-0.15, -0.1) is 0 Å². The number of imidazole rings is 1. The first-order valence-corrected chi connectivity index (χ1v) is 11.4. The van der Waals surface area contributed by atoms with Gasteiger partial charge in [0, 0.05) is 48.9 Å². The molecule has 3 heterocycles. The Bertz CT molecular complexity index is 1220. The molecule has 0 saturated carbocycles. The second-order valence-electron chi connectivity index (χ2n) is 7.89. The van der Waals surface area contributed by atoms with Crippen LogP contribution in [0.4, 0.5) is 4.39 Å². The summed E-state index contributed by atoms with van der Waals surface area (Å²) in [5, 5.41) is 0. The number of unbranched alkanes of at least 4 members (excludes halogenated alkanes) is 2. The largest absolute Gasteiger partial charge is 0.317 e. The molecule has 0 N–H and O–H groups in total. The molecule has 0 unspecified atom stereocenters. The fourth-order valence-corrected chi connectivity index (χ4v) is 3.79. The molecule has 33 heavy (non-hydrogen) atoms. The Balaban J connectivity index is 1.71. The van der Waals surface area contributed by atoms with E-state index in [1.54, 1.807) is 24.5 Å². The Morgan fingerprint density at radius 1 is 0.848 bits per heavy atom. The van der Waals surface area contributed by atoms with Gasteiger partial charge in [-0.3, -0.25) is 9.97 Å². The maximum absolute atomic E-state index is 13.6. The van der Waals surface area contributed by atoms with Crippen LogP contribution in [0.25, 0.3) is 22.5 Å². The van der Waals surface area contributed by atoms with Gasteiger partial charge in [0.15, 0.2) is 5.82 Å². The predicted octanol–water partition coefficient (Wildman–Crippen LogP) is 6.32. The minimum absolute atomic E-state index is 0.261. The zero-order valence-electron chi connectivity index (χ0n) is 18.8. The second-order valence-corrected chi connectivity index (χ2v) is 7.89. The van der Waals surface area contributed by atoms with Gasteiger partial charge in [-0.1, -0.05) is 12.8 Å². The summed E-state index contributed by atoms with van der Waals surface area (Å²) in [5.41, 5.74) is 5.00. The molecule has 0 saturated heterocycles. The van der Waals surface area contributed by atoms with Gasteiger partial charge < -0.3 is 4.57 Å². The van der Waals surface area contributed by atoms with E-state index in [0.29, 0.717) is 0 Å². The Hall–Kier alpha value is -3.78. The first-order chi connectivity index (χ1) is 16.3. The van der Waals surface area contributed by atoms with Crippen molar-refractivity contribution in [3.63, 3.8) is 0 Å². The number of hydrogen-bond donors (Lipinski definition) is 0. The van der Waals surface area contributed by atoms with E-state index in [2.05, 4.69) is 45.4 Å². The average Bonchev–Trinajstić information content (AvgIpc) is 3.22. The highest BCUT2D eigenvalue weighted by molar-refractivity contribution is 5.79. The van der Waals surface area contributed by atoms with E-state index in [-0.39, 0.29) is 5.82 Å². The summed E-state index contributed by atoms with van der Waals surface area (Å²) in [5.74, 6) is 7.02. The average molecular weight is 439 g/mol. The molecule has 0 aliphatic heterocycles. The summed E-state index contributed by atoms with van der Waals surface area (Å²) >= 11 is 0. The molecular weight excluding hydrogens is 411 g/mol. The fraction of sp³-hybridized carbons (Fsp3) is 0.250. The van der Waals surface area contributed by atoms with Crippen LogP contribution in [0.2, 0.25) is 0 Å². The van der Waals surface area contributed by atoms with Crippen LogP contribution in [-0.4, -0.2) is 19.5 Å². The van der Waals surface area contributed by atoms with Crippen LogP contribution in [0, 0.1) is 17.7 Å². The summed E-state index contributed by atoms with van der Waals surface area (Å²) in [6, 6.07) is 14.6. The van der Waals surface area contributed by atoms with Crippen LogP contribution in [0.15, 0.2) is 73.3 Å². The first kappa shape index (κ1) is 22.4. The topological polar surface area (TPSA) is 43.6 Å². The summed E-state index contributed by atoms with van der Waals surface area (Å²) < 4.78 is 15.8. The van der Waals surface area contributed by atoms with Crippen molar-refractivity contribution in [2.24, 2.45) is 0 Å². The van der Waals surface area contributed by atoms with Crippen LogP contribution >= 0.6 is 0 Å². The van der Waals surface area contributed by atoms with Crippen molar-refractivity contribution in [2.75, 3.05) is 0 Å². The van der Waals surface area contributed by atoms with E-state index in [1.165, 1.54) is 17.7 Å². The van der Waals surface area contributed by atoms with Gasteiger partial charge >= 0.3 is 0 Å². The lowest BCUT2D eigenvalue weighted by Gasteiger charge is -2.12. The molecule has 4 aromatic rings. The van der Waals surface area contributed by atoms with Crippen LogP contribution in [0.3, 0.4) is 0 Å². The number of nitrogens with zero attached hydrogens (tertiary/aromatic N) is 4. The number of benzene rings is 1. The minimum Gasteiger partial charge on any atom is -0.317 e. The van der Waals surface area contributed by atoms with E-state index >= 15 is 0 Å². The molecule has 0 fully saturated rings. The highest BCUT2D eigenvalue weighted by Crippen LogP contribution is 2.33. The molecule has 0 spiro atoms. The third-order valence-corrected chi connectivity index (χ3v) is 5.46. The molecule has 0 bridgehead atoms. The molecule has 5 heteroatoms. The van der Waals surface area contributed by atoms with Gasteiger partial charge in [0.2, 0.25) is 0 Å². The third-order valence-electron chi connectivity index (χ3n) is 5.46. The van der Waals surface area contributed by atoms with E-state index in [0.717, 1.165) is 67.0 Å². The van der Waals surface area contributed by atoms with Crippen molar-refractivity contribution < 1.29 is 4.39 Å². The second kappa shape index (κ2) is 11.2. The highest BCUT2D eigenvalue weighted by Gasteiger charge is 2.19. The smallest absolute Gasteiger partial charge is 0.186 e. The van der Waals surface area contributed by atoms with E-state index in [9.17, 15) is 4.39 Å². The van der Waals surface area contributed by atoms with E-state index < -0.39 is 0 Å². The molecule has 0 amide bonds. The molecule has 166 valence electrons. The van der Waals surface area contributed by atoms with Crippen LogP contribution < -0.4 is 0 Å². The Labute approximate surface area is 194 Å². The van der Waals surface area contributed by atoms with Crippen LogP contribution in [-0.2, 0) is 13.0 Å². The number of rotatable bonds is 8. The van der Waals surface area contributed by atoms with Gasteiger partial charge in [-0.2, -0.15) is 0 Å². The van der Waals surface area contributed by atoms with Crippen LogP contribution in [0.1, 0.15) is 44.0 Å². The maximum Gasteiger partial charge on any atom is 0.186 e. The molecule has 0 aliphatic rings. The van der Waals surface area contributed by atoms with E-state index in [1.807, 2.05) is 24.5 Å². The number of pyridine rings is 2. The van der Waals surface area contributed by atoms with Crippen molar-refractivity contribution in [2.45, 2.75) is 45.6 Å². The van der Waals surface area contributed by atoms with Crippen LogP contribution in [0.5, 0.6) is 0 Å². The zero-order valence-corrected chi connectivity index (χ0v) is 18.8. The lowest BCUT2D eigenvalue weighted by Crippen LogP contribution is -2.04. The lowest BCUT2D eigenvalue weighted by atomic mass is 10.1. The number of halogens is 1. The van der Waals surface area contributed by atoms with Crippen molar-refractivity contribution in [3.8, 4) is 34.4 Å². The quantitative estimate of drug-likeness (QED) is 0.239. The number of aryl methyl sites for hydroxylation is 1. The summed E-state index contributed by atoms with van der Waals surface area (Å²) in [4.78, 5) is 13.2. The molecule has 0 atom stereocenters. The Kier molecular flexibility index (Phi) is 7.60. The highest BCUT2D eigenvalue weighted by atomic mass is 19.1. The Morgan fingerprint density at radius 2 is 1.55 bits per heavy atom. The zero-order chi connectivity index (χ0) is 22.9. The van der Waals surface area contributed by atoms with Crippen molar-refractivity contribution in [1.29, 1.82) is 0 Å². The van der Waals surface area contributed by atoms with Gasteiger partial charge in [0.05, 0.1) is 11.4 Å². The van der Waals surface area contributed by atoms with E-state index in [4.69, 9.17) is 4.98 Å². The molecule has 1 aromatic carbocycles. The molecule has 0 radical (unpaired) electrons. The number of hydrogen-bond acceptors (Lipinski definition) is 3. The molecule has 4 nitrogen and oxygen atoms in total.